The zero-order valence-corrected chi connectivity index (χ0v) is 15.5. The molecule has 0 aliphatic rings. The summed E-state index contributed by atoms with van der Waals surface area (Å²) in [5.41, 5.74) is 0.132. The second kappa shape index (κ2) is 7.23. The fraction of sp³-hybridized carbons (Fsp3) is 0.158. The third-order valence-corrected chi connectivity index (χ3v) is 5.12. The van der Waals surface area contributed by atoms with Crippen LogP contribution in [0.5, 0.6) is 0 Å². The predicted octanol–water partition coefficient (Wildman–Crippen LogP) is 3.54. The lowest BCUT2D eigenvalue weighted by Gasteiger charge is -2.14. The lowest BCUT2D eigenvalue weighted by Crippen LogP contribution is -2.31. The standard InChI is InChI=1S/C19H15F3N2O3S/c1-28(26,27)15-9-5-8-14(10-15)16-11-23-24(12-19(20,21)22)18(25)17(16)13-6-3-2-4-7-13/h2-11H,12H2,1H3. The summed E-state index contributed by atoms with van der Waals surface area (Å²) in [7, 11) is -3.51. The number of halogens is 3. The van der Waals surface area contributed by atoms with Crippen molar-refractivity contribution in [3.05, 3.63) is 71.1 Å². The SMILES string of the molecule is CS(=O)(=O)c1cccc(-c2cnn(CC(F)(F)F)c(=O)c2-c2ccccc2)c1. The van der Waals surface area contributed by atoms with Gasteiger partial charge in [0.05, 0.1) is 16.7 Å². The lowest BCUT2D eigenvalue weighted by atomic mass is 9.97. The minimum absolute atomic E-state index is 0.0190. The van der Waals surface area contributed by atoms with Gasteiger partial charge >= 0.3 is 6.18 Å². The molecule has 0 spiro atoms. The van der Waals surface area contributed by atoms with Crippen LogP contribution in [0, 0.1) is 0 Å². The van der Waals surface area contributed by atoms with Crippen LogP contribution in [-0.4, -0.2) is 30.6 Å². The summed E-state index contributed by atoms with van der Waals surface area (Å²) < 4.78 is 62.4. The number of hydrogen-bond acceptors (Lipinski definition) is 4. The fourth-order valence-electron chi connectivity index (χ4n) is 2.77. The van der Waals surface area contributed by atoms with Gasteiger partial charge in [-0.3, -0.25) is 4.79 Å². The Morgan fingerprint density at radius 2 is 1.64 bits per heavy atom. The molecule has 0 bridgehead atoms. The number of rotatable bonds is 4. The summed E-state index contributed by atoms with van der Waals surface area (Å²) >= 11 is 0. The molecule has 0 fully saturated rings. The van der Waals surface area contributed by atoms with Crippen LogP contribution in [0.1, 0.15) is 0 Å². The van der Waals surface area contributed by atoms with E-state index in [0.717, 1.165) is 12.5 Å². The first-order valence-corrected chi connectivity index (χ1v) is 9.98. The maximum absolute atomic E-state index is 12.8. The number of alkyl halides is 3. The second-order valence-electron chi connectivity index (χ2n) is 6.18. The highest BCUT2D eigenvalue weighted by Crippen LogP contribution is 2.30. The molecule has 0 N–H and O–H groups in total. The molecule has 9 heteroatoms. The van der Waals surface area contributed by atoms with E-state index < -0.39 is 28.1 Å². The predicted molar refractivity (Wildman–Crippen MR) is 98.5 cm³/mol. The van der Waals surface area contributed by atoms with Crippen LogP contribution in [-0.2, 0) is 16.4 Å². The van der Waals surface area contributed by atoms with E-state index in [4.69, 9.17) is 0 Å². The van der Waals surface area contributed by atoms with E-state index in [1.54, 1.807) is 36.4 Å². The largest absolute Gasteiger partial charge is 0.408 e. The Hall–Kier alpha value is -2.94. The average molecular weight is 408 g/mol. The van der Waals surface area contributed by atoms with Gasteiger partial charge in [0, 0.05) is 11.8 Å². The van der Waals surface area contributed by atoms with Crippen molar-refractivity contribution in [3.8, 4) is 22.3 Å². The van der Waals surface area contributed by atoms with E-state index in [2.05, 4.69) is 5.10 Å². The van der Waals surface area contributed by atoms with Crippen LogP contribution >= 0.6 is 0 Å². The highest BCUT2D eigenvalue weighted by Gasteiger charge is 2.30. The molecule has 0 radical (unpaired) electrons. The molecule has 5 nitrogen and oxygen atoms in total. The zero-order valence-electron chi connectivity index (χ0n) is 14.6. The molecule has 2 aromatic carbocycles. The van der Waals surface area contributed by atoms with Crippen molar-refractivity contribution in [3.63, 3.8) is 0 Å². The Kier molecular flexibility index (Phi) is 5.12. The Balaban J connectivity index is 2.28. The molecule has 3 aromatic rings. The Bertz CT molecular complexity index is 1170. The molecule has 3 rings (SSSR count). The summed E-state index contributed by atoms with van der Waals surface area (Å²) in [4.78, 5) is 12.8. The van der Waals surface area contributed by atoms with E-state index in [1.165, 1.54) is 18.2 Å². The topological polar surface area (TPSA) is 69.0 Å². The molecular formula is C19H15F3N2O3S. The van der Waals surface area contributed by atoms with Crippen LogP contribution in [0.25, 0.3) is 22.3 Å². The summed E-state index contributed by atoms with van der Waals surface area (Å²) in [6.45, 7) is -1.52. The van der Waals surface area contributed by atoms with Crippen molar-refractivity contribution < 1.29 is 21.6 Å². The lowest BCUT2D eigenvalue weighted by molar-refractivity contribution is -0.143. The summed E-state index contributed by atoms with van der Waals surface area (Å²) in [6, 6.07) is 14.1. The maximum atomic E-state index is 12.8. The highest BCUT2D eigenvalue weighted by atomic mass is 32.2. The molecule has 0 unspecified atom stereocenters. The molecular weight excluding hydrogens is 393 g/mol. The second-order valence-corrected chi connectivity index (χ2v) is 8.19. The van der Waals surface area contributed by atoms with Gasteiger partial charge in [0.15, 0.2) is 9.84 Å². The molecule has 0 atom stereocenters. The van der Waals surface area contributed by atoms with Crippen LogP contribution in [0.3, 0.4) is 0 Å². The third kappa shape index (κ3) is 4.30. The summed E-state index contributed by atoms with van der Waals surface area (Å²) in [5, 5.41) is 3.65. The number of hydrogen-bond donors (Lipinski definition) is 0. The van der Waals surface area contributed by atoms with Gasteiger partial charge in [-0.2, -0.15) is 18.3 Å². The van der Waals surface area contributed by atoms with Gasteiger partial charge in [-0.1, -0.05) is 42.5 Å². The van der Waals surface area contributed by atoms with Crippen molar-refractivity contribution in [1.82, 2.24) is 9.78 Å². The van der Waals surface area contributed by atoms with Crippen molar-refractivity contribution in [1.29, 1.82) is 0 Å². The number of sulfone groups is 1. The van der Waals surface area contributed by atoms with E-state index in [-0.39, 0.29) is 16.0 Å². The summed E-state index contributed by atoms with van der Waals surface area (Å²) in [6.07, 6.45) is -2.41. The van der Waals surface area contributed by atoms with Crippen molar-refractivity contribution in [2.75, 3.05) is 6.26 Å². The third-order valence-electron chi connectivity index (χ3n) is 4.01. The van der Waals surface area contributed by atoms with E-state index >= 15 is 0 Å². The van der Waals surface area contributed by atoms with Gasteiger partial charge in [-0.25, -0.2) is 13.1 Å². The molecule has 0 saturated heterocycles. The van der Waals surface area contributed by atoms with E-state index in [9.17, 15) is 26.4 Å². The molecule has 0 amide bonds. The molecule has 1 heterocycles. The highest BCUT2D eigenvalue weighted by molar-refractivity contribution is 7.90. The minimum Gasteiger partial charge on any atom is -0.267 e. The average Bonchev–Trinajstić information content (AvgIpc) is 2.62. The minimum atomic E-state index is -4.61. The first-order chi connectivity index (χ1) is 13.1. The zero-order chi connectivity index (χ0) is 20.5. The molecule has 0 aliphatic carbocycles. The molecule has 0 aliphatic heterocycles. The smallest absolute Gasteiger partial charge is 0.267 e. The van der Waals surface area contributed by atoms with Crippen LogP contribution in [0.4, 0.5) is 13.2 Å². The van der Waals surface area contributed by atoms with Crippen molar-refractivity contribution in [2.45, 2.75) is 17.6 Å². The fourth-order valence-corrected chi connectivity index (χ4v) is 3.43. The molecule has 146 valence electrons. The Morgan fingerprint density at radius 1 is 1.00 bits per heavy atom. The quantitative estimate of drug-likeness (QED) is 0.662. The molecule has 28 heavy (non-hydrogen) atoms. The molecule has 0 saturated carbocycles. The van der Waals surface area contributed by atoms with Crippen LogP contribution in [0.2, 0.25) is 0 Å². The maximum Gasteiger partial charge on any atom is 0.408 e. The first kappa shape index (κ1) is 19.8. The first-order valence-electron chi connectivity index (χ1n) is 8.09. The Morgan fingerprint density at radius 3 is 2.25 bits per heavy atom. The van der Waals surface area contributed by atoms with E-state index in [0.29, 0.717) is 15.8 Å². The summed E-state index contributed by atoms with van der Waals surface area (Å²) in [5.74, 6) is 0. The Labute approximate surface area is 159 Å². The van der Waals surface area contributed by atoms with Crippen LogP contribution < -0.4 is 5.56 Å². The van der Waals surface area contributed by atoms with Gasteiger partial charge in [0.25, 0.3) is 5.56 Å². The monoisotopic (exact) mass is 408 g/mol. The number of aromatic nitrogens is 2. The van der Waals surface area contributed by atoms with Gasteiger partial charge in [-0.05, 0) is 23.3 Å². The van der Waals surface area contributed by atoms with Crippen molar-refractivity contribution in [2.24, 2.45) is 0 Å². The van der Waals surface area contributed by atoms with Gasteiger partial charge in [0.1, 0.15) is 6.54 Å². The van der Waals surface area contributed by atoms with Gasteiger partial charge < -0.3 is 0 Å². The van der Waals surface area contributed by atoms with Crippen LogP contribution in [0.15, 0.2) is 70.5 Å². The van der Waals surface area contributed by atoms with E-state index in [1.807, 2.05) is 0 Å². The van der Waals surface area contributed by atoms with Crippen molar-refractivity contribution >= 4 is 9.84 Å². The van der Waals surface area contributed by atoms with Gasteiger partial charge in [0.2, 0.25) is 0 Å². The van der Waals surface area contributed by atoms with Gasteiger partial charge in [-0.15, -0.1) is 0 Å². The number of benzene rings is 2. The normalized spacial score (nSPS) is 12.1. The molecule has 1 aromatic heterocycles. The number of nitrogens with zero attached hydrogens (tertiary/aromatic N) is 2.